The molecule has 1 aliphatic rings. The van der Waals surface area contributed by atoms with Crippen molar-refractivity contribution in [2.24, 2.45) is 10.4 Å². The molecule has 1 aliphatic heterocycles. The molecule has 1 heterocycles. The Labute approximate surface area is 145 Å². The third-order valence-electron chi connectivity index (χ3n) is 3.95. The van der Waals surface area contributed by atoms with Crippen molar-refractivity contribution in [1.82, 2.24) is 5.32 Å². The quantitative estimate of drug-likeness (QED) is 0.896. The fourth-order valence-corrected chi connectivity index (χ4v) is 2.65. The van der Waals surface area contributed by atoms with E-state index in [9.17, 15) is 18.0 Å². The average Bonchev–Trinajstić information content (AvgIpc) is 2.91. The molecule has 1 aromatic carbocycles. The number of amides is 1. The number of nitrogens with zero attached hydrogens (tertiary/aromatic N) is 1. The van der Waals surface area contributed by atoms with E-state index in [-0.39, 0.29) is 23.4 Å². The van der Waals surface area contributed by atoms with E-state index in [1.54, 1.807) is 0 Å². The van der Waals surface area contributed by atoms with Crippen molar-refractivity contribution in [2.75, 3.05) is 6.61 Å². The van der Waals surface area contributed by atoms with E-state index in [1.165, 1.54) is 19.1 Å². The van der Waals surface area contributed by atoms with E-state index in [0.717, 1.165) is 17.7 Å². The lowest BCUT2D eigenvalue weighted by Gasteiger charge is -2.30. The molecule has 25 heavy (non-hydrogen) atoms. The average molecular weight is 356 g/mol. The summed E-state index contributed by atoms with van der Waals surface area (Å²) in [5.41, 5.74) is -0.173. The van der Waals surface area contributed by atoms with Crippen LogP contribution in [-0.4, -0.2) is 30.5 Å². The van der Waals surface area contributed by atoms with Gasteiger partial charge < -0.3 is 10.1 Å². The number of hydrogen-bond acceptors (Lipinski definition) is 3. The Morgan fingerprint density at radius 1 is 1.28 bits per heavy atom. The van der Waals surface area contributed by atoms with Crippen molar-refractivity contribution in [2.45, 2.75) is 52.4 Å². The maximum absolute atomic E-state index is 12.6. The maximum Gasteiger partial charge on any atom is 0.416 e. The Hall–Kier alpha value is -2.05. The van der Waals surface area contributed by atoms with Gasteiger partial charge in [0, 0.05) is 6.92 Å². The maximum atomic E-state index is 12.6. The highest BCUT2D eigenvalue weighted by atomic mass is 19.4. The zero-order valence-electron chi connectivity index (χ0n) is 14.8. The topological polar surface area (TPSA) is 50.7 Å². The number of ether oxygens (including phenoxy) is 1. The van der Waals surface area contributed by atoms with Gasteiger partial charge in [-0.25, -0.2) is 4.99 Å². The summed E-state index contributed by atoms with van der Waals surface area (Å²) >= 11 is 0. The molecule has 1 amide bonds. The minimum atomic E-state index is -4.33. The zero-order valence-corrected chi connectivity index (χ0v) is 14.8. The van der Waals surface area contributed by atoms with Gasteiger partial charge in [-0.1, -0.05) is 32.9 Å². The Morgan fingerprint density at radius 3 is 2.36 bits per heavy atom. The molecule has 2 rings (SSSR count). The number of carbonyl (C=O) groups is 1. The molecule has 2 atom stereocenters. The molecule has 0 fully saturated rings. The second-order valence-electron chi connectivity index (χ2n) is 7.33. The van der Waals surface area contributed by atoms with Crippen LogP contribution in [0.4, 0.5) is 13.2 Å². The minimum Gasteiger partial charge on any atom is -0.477 e. The first-order valence-electron chi connectivity index (χ1n) is 8.10. The first-order chi connectivity index (χ1) is 11.5. The van der Waals surface area contributed by atoms with Crippen molar-refractivity contribution in [3.8, 4) is 0 Å². The van der Waals surface area contributed by atoms with Gasteiger partial charge in [-0.2, -0.15) is 13.2 Å². The standard InChI is InChI=1S/C18H23F3N2O2/c1-11(24)22-15(17(2,3)4)16-23-14(10-25-16)9-12-5-7-13(8-6-12)18(19,20)21/h5-8,14-15H,9-10H2,1-4H3,(H,22,24)/t14-,15?/m0/s1. The van der Waals surface area contributed by atoms with Crippen LogP contribution in [0.5, 0.6) is 0 Å². The molecule has 4 nitrogen and oxygen atoms in total. The van der Waals surface area contributed by atoms with Gasteiger partial charge in [0.2, 0.25) is 11.8 Å². The Kier molecular flexibility index (Phi) is 5.44. The molecule has 0 spiro atoms. The monoisotopic (exact) mass is 356 g/mol. The minimum absolute atomic E-state index is 0.169. The summed E-state index contributed by atoms with van der Waals surface area (Å²) in [5.74, 6) is 0.303. The lowest BCUT2D eigenvalue weighted by molar-refractivity contribution is -0.137. The predicted octanol–water partition coefficient (Wildman–Crippen LogP) is 3.60. The van der Waals surface area contributed by atoms with E-state index in [2.05, 4.69) is 10.3 Å². The molecule has 0 saturated carbocycles. The van der Waals surface area contributed by atoms with Crippen LogP contribution >= 0.6 is 0 Å². The smallest absolute Gasteiger partial charge is 0.416 e. The SMILES string of the molecule is CC(=O)NC(C1=N[C@@H](Cc2ccc(C(F)(F)F)cc2)CO1)C(C)(C)C. The molecular weight excluding hydrogens is 333 g/mol. The molecule has 0 aromatic heterocycles. The van der Waals surface area contributed by atoms with Crippen molar-refractivity contribution in [1.29, 1.82) is 0 Å². The summed E-state index contributed by atoms with van der Waals surface area (Å²) in [6.07, 6.45) is -3.85. The highest BCUT2D eigenvalue weighted by Crippen LogP contribution is 2.29. The second kappa shape index (κ2) is 7.06. The van der Waals surface area contributed by atoms with Crippen molar-refractivity contribution in [3.63, 3.8) is 0 Å². The lowest BCUT2D eigenvalue weighted by Crippen LogP contribution is -2.48. The molecule has 7 heteroatoms. The van der Waals surface area contributed by atoms with Gasteiger partial charge in [-0.15, -0.1) is 0 Å². The van der Waals surface area contributed by atoms with Crippen LogP contribution in [-0.2, 0) is 22.1 Å². The summed E-state index contributed by atoms with van der Waals surface area (Å²) in [6, 6.07) is 4.56. The third kappa shape index (κ3) is 5.21. The molecule has 1 N–H and O–H groups in total. The van der Waals surface area contributed by atoms with Crippen LogP contribution in [0.15, 0.2) is 29.3 Å². The molecule has 138 valence electrons. The van der Waals surface area contributed by atoms with Gasteiger partial charge in [-0.05, 0) is 29.5 Å². The summed E-state index contributed by atoms with van der Waals surface area (Å²) in [5, 5.41) is 2.85. The van der Waals surface area contributed by atoms with Crippen LogP contribution in [0.25, 0.3) is 0 Å². The van der Waals surface area contributed by atoms with Crippen molar-refractivity contribution >= 4 is 11.8 Å². The third-order valence-corrected chi connectivity index (χ3v) is 3.95. The van der Waals surface area contributed by atoms with E-state index in [1.807, 2.05) is 20.8 Å². The Balaban J connectivity index is 2.08. The van der Waals surface area contributed by atoms with Crippen molar-refractivity contribution in [3.05, 3.63) is 35.4 Å². The van der Waals surface area contributed by atoms with Gasteiger partial charge in [0.05, 0.1) is 11.6 Å². The fraction of sp³-hybridized carbons (Fsp3) is 0.556. The van der Waals surface area contributed by atoms with Gasteiger partial charge >= 0.3 is 6.18 Å². The summed E-state index contributed by atoms with van der Waals surface area (Å²) in [4.78, 5) is 16.0. The molecule has 0 aliphatic carbocycles. The van der Waals surface area contributed by atoms with Gasteiger partial charge in [0.25, 0.3) is 0 Å². The molecule has 1 aromatic rings. The summed E-state index contributed by atoms with van der Waals surface area (Å²) < 4.78 is 43.5. The van der Waals surface area contributed by atoms with E-state index < -0.39 is 11.7 Å². The molecule has 0 bridgehead atoms. The van der Waals surface area contributed by atoms with Crippen LogP contribution in [0.1, 0.15) is 38.8 Å². The van der Waals surface area contributed by atoms with E-state index in [4.69, 9.17) is 4.74 Å². The number of hydrogen-bond donors (Lipinski definition) is 1. The van der Waals surface area contributed by atoms with Crippen LogP contribution in [0.2, 0.25) is 0 Å². The number of halogens is 3. The number of aliphatic imine (C=N–C) groups is 1. The van der Waals surface area contributed by atoms with Crippen molar-refractivity contribution < 1.29 is 22.7 Å². The first-order valence-corrected chi connectivity index (χ1v) is 8.10. The highest BCUT2D eigenvalue weighted by molar-refractivity contribution is 5.88. The number of benzene rings is 1. The van der Waals surface area contributed by atoms with Crippen LogP contribution in [0, 0.1) is 5.41 Å². The molecular formula is C18H23F3N2O2. The van der Waals surface area contributed by atoms with Crippen LogP contribution < -0.4 is 5.32 Å². The normalized spacial score (nSPS) is 19.2. The van der Waals surface area contributed by atoms with Gasteiger partial charge in [0.1, 0.15) is 12.6 Å². The number of alkyl halides is 3. The highest BCUT2D eigenvalue weighted by Gasteiger charge is 2.35. The summed E-state index contributed by atoms with van der Waals surface area (Å²) in [7, 11) is 0. The Morgan fingerprint density at radius 2 is 1.88 bits per heavy atom. The van der Waals surface area contributed by atoms with E-state index in [0.29, 0.717) is 18.9 Å². The fourth-order valence-electron chi connectivity index (χ4n) is 2.65. The molecule has 1 unspecified atom stereocenters. The second-order valence-corrected chi connectivity index (χ2v) is 7.33. The lowest BCUT2D eigenvalue weighted by atomic mass is 9.86. The molecule has 0 radical (unpaired) electrons. The number of carbonyl (C=O) groups excluding carboxylic acids is 1. The van der Waals surface area contributed by atoms with Crippen LogP contribution in [0.3, 0.4) is 0 Å². The van der Waals surface area contributed by atoms with E-state index >= 15 is 0 Å². The zero-order chi connectivity index (χ0) is 18.8. The van der Waals surface area contributed by atoms with Gasteiger partial charge in [0.15, 0.2) is 0 Å². The number of nitrogens with one attached hydrogen (secondary N) is 1. The Bertz CT molecular complexity index is 646. The molecule has 0 saturated heterocycles. The largest absolute Gasteiger partial charge is 0.477 e. The predicted molar refractivity (Wildman–Crippen MR) is 89.4 cm³/mol. The van der Waals surface area contributed by atoms with Gasteiger partial charge in [-0.3, -0.25) is 4.79 Å². The first kappa shape index (κ1) is 19.3. The summed E-state index contributed by atoms with van der Waals surface area (Å²) in [6.45, 7) is 7.71. The number of rotatable bonds is 4.